The molecule has 17 heavy (non-hydrogen) atoms. The van der Waals surface area contributed by atoms with Crippen molar-refractivity contribution in [2.75, 3.05) is 32.3 Å². The molecule has 0 aromatic heterocycles. The third-order valence-electron chi connectivity index (χ3n) is 2.36. The Morgan fingerprint density at radius 2 is 2.18 bits per heavy atom. The van der Waals surface area contributed by atoms with E-state index in [1.807, 2.05) is 30.8 Å². The Bertz CT molecular complexity index is 331. The van der Waals surface area contributed by atoms with Gasteiger partial charge in [0.2, 0.25) is 0 Å². The van der Waals surface area contributed by atoms with Crippen molar-refractivity contribution in [1.82, 2.24) is 5.32 Å². The van der Waals surface area contributed by atoms with Crippen molar-refractivity contribution in [3.8, 4) is 11.5 Å². The summed E-state index contributed by atoms with van der Waals surface area (Å²) in [5.74, 6) is 2.78. The van der Waals surface area contributed by atoms with Gasteiger partial charge in [-0.3, -0.25) is 0 Å². The normalized spacial score (nSPS) is 10.3. The lowest BCUT2D eigenvalue weighted by Crippen LogP contribution is -2.17. The molecule has 0 saturated carbocycles. The first kappa shape index (κ1) is 14.2. The Hall–Kier alpha value is -0.870. The molecule has 0 atom stereocenters. The lowest BCUT2D eigenvalue weighted by atomic mass is 10.2. The zero-order valence-electron chi connectivity index (χ0n) is 10.8. The van der Waals surface area contributed by atoms with E-state index in [1.54, 1.807) is 7.11 Å². The second-order valence-corrected chi connectivity index (χ2v) is 4.54. The van der Waals surface area contributed by atoms with Crippen LogP contribution in [0.15, 0.2) is 18.2 Å². The molecular formula is C13H21NO2S. The Morgan fingerprint density at radius 1 is 1.35 bits per heavy atom. The highest BCUT2D eigenvalue weighted by molar-refractivity contribution is 7.98. The van der Waals surface area contributed by atoms with Crippen LogP contribution in [0.5, 0.6) is 11.5 Å². The van der Waals surface area contributed by atoms with Crippen molar-refractivity contribution in [3.63, 3.8) is 0 Å². The maximum absolute atomic E-state index is 5.54. The van der Waals surface area contributed by atoms with Crippen LogP contribution in [-0.4, -0.2) is 32.3 Å². The molecule has 1 aromatic carbocycles. The molecule has 0 saturated heterocycles. The minimum Gasteiger partial charge on any atom is -0.493 e. The van der Waals surface area contributed by atoms with E-state index in [1.165, 1.54) is 0 Å². The molecule has 0 radical (unpaired) electrons. The van der Waals surface area contributed by atoms with Gasteiger partial charge in [0.25, 0.3) is 0 Å². The molecule has 96 valence electrons. The molecule has 0 aliphatic heterocycles. The summed E-state index contributed by atoms with van der Waals surface area (Å²) in [7, 11) is 1.68. The van der Waals surface area contributed by atoms with E-state index >= 15 is 0 Å². The molecule has 0 fully saturated rings. The van der Waals surface area contributed by atoms with Crippen molar-refractivity contribution < 1.29 is 9.47 Å². The fraction of sp³-hybridized carbons (Fsp3) is 0.538. The lowest BCUT2D eigenvalue weighted by molar-refractivity contribution is 0.309. The second kappa shape index (κ2) is 8.25. The van der Waals surface area contributed by atoms with Crippen molar-refractivity contribution in [2.45, 2.75) is 13.5 Å². The summed E-state index contributed by atoms with van der Waals surface area (Å²) in [5.41, 5.74) is 1.14. The van der Waals surface area contributed by atoms with Gasteiger partial charge in [0.15, 0.2) is 11.5 Å². The second-order valence-electron chi connectivity index (χ2n) is 3.55. The Kier molecular flexibility index (Phi) is 6.89. The average Bonchev–Trinajstić information content (AvgIpc) is 2.35. The summed E-state index contributed by atoms with van der Waals surface area (Å²) in [4.78, 5) is 0. The highest BCUT2D eigenvalue weighted by Crippen LogP contribution is 2.30. The van der Waals surface area contributed by atoms with Gasteiger partial charge in [0.1, 0.15) is 0 Å². The largest absolute Gasteiger partial charge is 0.493 e. The molecule has 1 rings (SSSR count). The van der Waals surface area contributed by atoms with E-state index in [0.29, 0.717) is 6.61 Å². The van der Waals surface area contributed by atoms with E-state index in [-0.39, 0.29) is 0 Å². The van der Waals surface area contributed by atoms with E-state index in [9.17, 15) is 0 Å². The fourth-order valence-electron chi connectivity index (χ4n) is 1.60. The molecule has 0 spiro atoms. The van der Waals surface area contributed by atoms with Gasteiger partial charge in [-0.25, -0.2) is 0 Å². The zero-order chi connectivity index (χ0) is 12.5. The third kappa shape index (κ3) is 4.48. The number of hydrogen-bond acceptors (Lipinski definition) is 4. The van der Waals surface area contributed by atoms with Gasteiger partial charge in [0.05, 0.1) is 13.7 Å². The topological polar surface area (TPSA) is 30.5 Å². The smallest absolute Gasteiger partial charge is 0.165 e. The van der Waals surface area contributed by atoms with Crippen molar-refractivity contribution in [1.29, 1.82) is 0 Å². The molecule has 0 aliphatic carbocycles. The van der Waals surface area contributed by atoms with Gasteiger partial charge in [-0.2, -0.15) is 11.8 Å². The Labute approximate surface area is 108 Å². The first-order valence-electron chi connectivity index (χ1n) is 5.81. The van der Waals surface area contributed by atoms with Crippen LogP contribution in [0.25, 0.3) is 0 Å². The quantitative estimate of drug-likeness (QED) is 0.723. The summed E-state index contributed by atoms with van der Waals surface area (Å²) in [5, 5.41) is 3.39. The van der Waals surface area contributed by atoms with E-state index in [2.05, 4.69) is 17.6 Å². The number of methoxy groups -OCH3 is 1. The average molecular weight is 255 g/mol. The Balaban J connectivity index is 2.66. The summed E-state index contributed by atoms with van der Waals surface area (Å²) < 4.78 is 11.0. The molecule has 0 aliphatic rings. The minimum atomic E-state index is 0.652. The number of benzene rings is 1. The first-order chi connectivity index (χ1) is 8.33. The van der Waals surface area contributed by atoms with Crippen LogP contribution in [0.1, 0.15) is 12.5 Å². The third-order valence-corrected chi connectivity index (χ3v) is 2.98. The zero-order valence-corrected chi connectivity index (χ0v) is 11.6. The number of rotatable bonds is 8. The number of para-hydroxylation sites is 1. The standard InChI is InChI=1S/C13H21NO2S/c1-4-16-12-7-5-6-11(13(12)15-2)10-14-8-9-17-3/h5-7,14H,4,8-10H2,1-3H3. The predicted molar refractivity (Wildman–Crippen MR) is 74.3 cm³/mol. The van der Waals surface area contributed by atoms with E-state index in [4.69, 9.17) is 9.47 Å². The van der Waals surface area contributed by atoms with Gasteiger partial charge in [-0.05, 0) is 19.2 Å². The molecule has 3 nitrogen and oxygen atoms in total. The van der Waals surface area contributed by atoms with Gasteiger partial charge >= 0.3 is 0 Å². The summed E-state index contributed by atoms with van der Waals surface area (Å²) in [6, 6.07) is 6.00. The molecule has 0 unspecified atom stereocenters. The Morgan fingerprint density at radius 3 is 2.82 bits per heavy atom. The van der Waals surface area contributed by atoms with Crippen LogP contribution in [-0.2, 0) is 6.54 Å². The molecule has 0 heterocycles. The van der Waals surface area contributed by atoms with Gasteiger partial charge in [-0.15, -0.1) is 0 Å². The maximum Gasteiger partial charge on any atom is 0.165 e. The number of ether oxygens (including phenoxy) is 2. The highest BCUT2D eigenvalue weighted by Gasteiger charge is 2.08. The number of hydrogen-bond donors (Lipinski definition) is 1. The van der Waals surface area contributed by atoms with Crippen LogP contribution in [0.2, 0.25) is 0 Å². The SMILES string of the molecule is CCOc1cccc(CNCCSC)c1OC. The van der Waals surface area contributed by atoms with Crippen LogP contribution in [0.3, 0.4) is 0 Å². The van der Waals surface area contributed by atoms with E-state index in [0.717, 1.165) is 35.9 Å². The van der Waals surface area contributed by atoms with Crippen LogP contribution >= 0.6 is 11.8 Å². The van der Waals surface area contributed by atoms with Crippen molar-refractivity contribution in [3.05, 3.63) is 23.8 Å². The van der Waals surface area contributed by atoms with Crippen LogP contribution < -0.4 is 14.8 Å². The van der Waals surface area contributed by atoms with Crippen LogP contribution in [0, 0.1) is 0 Å². The molecular weight excluding hydrogens is 234 g/mol. The van der Waals surface area contributed by atoms with Crippen molar-refractivity contribution >= 4 is 11.8 Å². The molecule has 0 amide bonds. The summed E-state index contributed by atoms with van der Waals surface area (Å²) in [6.07, 6.45) is 2.11. The maximum atomic E-state index is 5.54. The highest BCUT2D eigenvalue weighted by atomic mass is 32.2. The monoisotopic (exact) mass is 255 g/mol. The minimum absolute atomic E-state index is 0.652. The number of thioether (sulfide) groups is 1. The van der Waals surface area contributed by atoms with Gasteiger partial charge in [0, 0.05) is 24.4 Å². The first-order valence-corrected chi connectivity index (χ1v) is 7.21. The molecule has 1 N–H and O–H groups in total. The van der Waals surface area contributed by atoms with Gasteiger partial charge < -0.3 is 14.8 Å². The van der Waals surface area contributed by atoms with Gasteiger partial charge in [-0.1, -0.05) is 12.1 Å². The lowest BCUT2D eigenvalue weighted by Gasteiger charge is -2.14. The fourth-order valence-corrected chi connectivity index (χ4v) is 1.95. The van der Waals surface area contributed by atoms with E-state index < -0.39 is 0 Å². The molecule has 0 bridgehead atoms. The summed E-state index contributed by atoms with van der Waals surface area (Å²) in [6.45, 7) is 4.44. The molecule has 1 aromatic rings. The predicted octanol–water partition coefficient (Wildman–Crippen LogP) is 2.55. The van der Waals surface area contributed by atoms with Crippen LogP contribution in [0.4, 0.5) is 0 Å². The number of nitrogens with one attached hydrogen (secondary N) is 1. The molecule has 4 heteroatoms. The summed E-state index contributed by atoms with van der Waals surface area (Å²) >= 11 is 1.84. The van der Waals surface area contributed by atoms with Crippen molar-refractivity contribution in [2.24, 2.45) is 0 Å².